The van der Waals surface area contributed by atoms with E-state index in [9.17, 15) is 4.79 Å². The van der Waals surface area contributed by atoms with Crippen molar-refractivity contribution in [1.82, 2.24) is 25.1 Å². The second-order valence-electron chi connectivity index (χ2n) is 5.84. The summed E-state index contributed by atoms with van der Waals surface area (Å²) in [5.41, 5.74) is 1.95. The zero-order chi connectivity index (χ0) is 16.1. The molecule has 23 heavy (non-hydrogen) atoms. The van der Waals surface area contributed by atoms with Crippen LogP contribution >= 0.6 is 0 Å². The maximum absolute atomic E-state index is 12.0. The van der Waals surface area contributed by atoms with Crippen LogP contribution in [0.2, 0.25) is 0 Å². The van der Waals surface area contributed by atoms with Gasteiger partial charge < -0.3 is 10.3 Å². The molecule has 3 aromatic rings. The lowest BCUT2D eigenvalue weighted by Crippen LogP contribution is -2.30. The molecule has 0 aliphatic heterocycles. The minimum Gasteiger partial charge on any atom is -0.356 e. The van der Waals surface area contributed by atoms with E-state index in [1.54, 1.807) is 6.20 Å². The fourth-order valence-corrected chi connectivity index (χ4v) is 2.52. The van der Waals surface area contributed by atoms with Crippen molar-refractivity contribution in [3.8, 4) is 0 Å². The molecule has 0 spiro atoms. The number of nitrogens with one attached hydrogen (secondary N) is 2. The summed E-state index contributed by atoms with van der Waals surface area (Å²) in [5.74, 6) is 1.24. The van der Waals surface area contributed by atoms with Gasteiger partial charge in [0.2, 0.25) is 5.91 Å². The highest BCUT2D eigenvalue weighted by atomic mass is 16.1. The minimum absolute atomic E-state index is 0.0535. The number of H-pyrrole nitrogens is 1. The Hall–Kier alpha value is -2.63. The fourth-order valence-electron chi connectivity index (χ4n) is 2.52. The number of para-hydroxylation sites is 2. The van der Waals surface area contributed by atoms with Crippen molar-refractivity contribution in [3.63, 3.8) is 0 Å². The van der Waals surface area contributed by atoms with Gasteiger partial charge in [-0.15, -0.1) is 0 Å². The van der Waals surface area contributed by atoms with E-state index in [0.29, 0.717) is 25.3 Å². The predicted molar refractivity (Wildman–Crippen MR) is 88.8 cm³/mol. The van der Waals surface area contributed by atoms with Gasteiger partial charge in [0.05, 0.1) is 11.0 Å². The highest BCUT2D eigenvalue weighted by Gasteiger charge is 2.08. The van der Waals surface area contributed by atoms with E-state index in [1.807, 2.05) is 41.2 Å². The maximum atomic E-state index is 12.0. The van der Waals surface area contributed by atoms with Crippen LogP contribution in [-0.2, 0) is 17.8 Å². The third kappa shape index (κ3) is 4.18. The number of imidazole rings is 1. The minimum atomic E-state index is 0.0535. The van der Waals surface area contributed by atoms with Crippen LogP contribution < -0.4 is 5.32 Å². The summed E-state index contributed by atoms with van der Waals surface area (Å²) in [5, 5.41) is 7.15. The highest BCUT2D eigenvalue weighted by Crippen LogP contribution is 2.11. The van der Waals surface area contributed by atoms with Crippen LogP contribution in [0.1, 0.15) is 19.2 Å². The Kier molecular flexibility index (Phi) is 4.71. The van der Waals surface area contributed by atoms with Gasteiger partial charge in [0.25, 0.3) is 0 Å². The molecule has 1 aromatic carbocycles. The quantitative estimate of drug-likeness (QED) is 0.702. The smallest absolute Gasteiger partial charge is 0.220 e. The van der Waals surface area contributed by atoms with Crippen molar-refractivity contribution >= 4 is 16.9 Å². The van der Waals surface area contributed by atoms with Crippen molar-refractivity contribution in [3.05, 3.63) is 48.5 Å². The van der Waals surface area contributed by atoms with Gasteiger partial charge in [0, 0.05) is 38.3 Å². The number of benzene rings is 1. The van der Waals surface area contributed by atoms with E-state index < -0.39 is 0 Å². The lowest BCUT2D eigenvalue weighted by molar-refractivity contribution is -0.121. The first-order valence-electron chi connectivity index (χ1n) is 7.88. The van der Waals surface area contributed by atoms with Gasteiger partial charge in [0.15, 0.2) is 0 Å². The molecule has 2 N–H and O–H groups in total. The van der Waals surface area contributed by atoms with Crippen molar-refractivity contribution in [2.45, 2.75) is 26.3 Å². The molecule has 0 fully saturated rings. The Morgan fingerprint density at radius 1 is 1.35 bits per heavy atom. The van der Waals surface area contributed by atoms with E-state index in [4.69, 9.17) is 0 Å². The molecule has 0 saturated heterocycles. The molecule has 0 aliphatic carbocycles. The van der Waals surface area contributed by atoms with Crippen molar-refractivity contribution < 1.29 is 4.79 Å². The van der Waals surface area contributed by atoms with E-state index in [-0.39, 0.29) is 5.91 Å². The fraction of sp³-hybridized carbons (Fsp3) is 0.353. The van der Waals surface area contributed by atoms with E-state index >= 15 is 0 Å². The largest absolute Gasteiger partial charge is 0.356 e. The normalized spacial score (nSPS) is 12.4. The molecular weight excluding hydrogens is 290 g/mol. The number of aryl methyl sites for hydroxylation is 1. The van der Waals surface area contributed by atoms with Crippen molar-refractivity contribution in [2.75, 3.05) is 6.54 Å². The second-order valence-corrected chi connectivity index (χ2v) is 5.84. The molecule has 2 aromatic heterocycles. The topological polar surface area (TPSA) is 75.6 Å². The van der Waals surface area contributed by atoms with E-state index in [2.05, 4.69) is 27.3 Å². The van der Waals surface area contributed by atoms with Crippen LogP contribution in [0.25, 0.3) is 11.0 Å². The molecule has 0 unspecified atom stereocenters. The number of rotatable bonds is 7. The number of fused-ring (bicyclic) bond motifs is 1. The standard InChI is InChI=1S/C17H21N5O/c1-13(12-22-10-4-9-19-22)11-18-17(23)8-7-16-20-14-5-2-3-6-15(14)21-16/h2-6,9-10,13H,7-8,11-12H2,1H3,(H,18,23)(H,20,21)/t13-/m0/s1. The first-order valence-corrected chi connectivity index (χ1v) is 7.88. The maximum Gasteiger partial charge on any atom is 0.220 e. The second kappa shape index (κ2) is 7.09. The van der Waals surface area contributed by atoms with Gasteiger partial charge in [-0.2, -0.15) is 5.10 Å². The Bertz CT molecular complexity index is 729. The molecule has 1 atom stereocenters. The number of hydrogen-bond donors (Lipinski definition) is 2. The van der Waals surface area contributed by atoms with Crippen LogP contribution in [-0.4, -0.2) is 32.2 Å². The average molecular weight is 311 g/mol. The zero-order valence-electron chi connectivity index (χ0n) is 13.2. The summed E-state index contributed by atoms with van der Waals surface area (Å²) >= 11 is 0. The van der Waals surface area contributed by atoms with Gasteiger partial charge in [0.1, 0.15) is 5.82 Å². The number of carbonyl (C=O) groups excluding carboxylic acids is 1. The summed E-state index contributed by atoms with van der Waals surface area (Å²) in [6, 6.07) is 9.78. The van der Waals surface area contributed by atoms with Gasteiger partial charge in [-0.3, -0.25) is 9.48 Å². The number of amides is 1. The van der Waals surface area contributed by atoms with E-state index in [1.165, 1.54) is 0 Å². The van der Waals surface area contributed by atoms with E-state index in [0.717, 1.165) is 23.4 Å². The third-order valence-electron chi connectivity index (χ3n) is 3.73. The number of aromatic amines is 1. The van der Waals surface area contributed by atoms with Crippen molar-refractivity contribution in [2.24, 2.45) is 5.92 Å². The lowest BCUT2D eigenvalue weighted by atomic mass is 10.2. The number of carbonyl (C=O) groups is 1. The Balaban J connectivity index is 1.42. The summed E-state index contributed by atoms with van der Waals surface area (Å²) in [6.45, 7) is 3.55. The number of nitrogens with zero attached hydrogens (tertiary/aromatic N) is 3. The molecule has 6 nitrogen and oxygen atoms in total. The van der Waals surface area contributed by atoms with Crippen molar-refractivity contribution in [1.29, 1.82) is 0 Å². The van der Waals surface area contributed by atoms with Gasteiger partial charge >= 0.3 is 0 Å². The average Bonchev–Trinajstić information content (AvgIpc) is 3.19. The van der Waals surface area contributed by atoms with Crippen LogP contribution in [0.4, 0.5) is 0 Å². The third-order valence-corrected chi connectivity index (χ3v) is 3.73. The molecule has 2 heterocycles. The summed E-state index contributed by atoms with van der Waals surface area (Å²) in [4.78, 5) is 19.7. The molecule has 0 aliphatic rings. The molecule has 0 radical (unpaired) electrons. The molecule has 1 amide bonds. The van der Waals surface area contributed by atoms with Gasteiger partial charge in [-0.25, -0.2) is 4.98 Å². The number of aromatic nitrogens is 4. The van der Waals surface area contributed by atoms with Crippen LogP contribution in [0.15, 0.2) is 42.7 Å². The Morgan fingerprint density at radius 3 is 3.00 bits per heavy atom. The molecule has 0 saturated carbocycles. The zero-order valence-corrected chi connectivity index (χ0v) is 13.2. The first-order chi connectivity index (χ1) is 11.2. The Labute approximate surface area is 134 Å². The van der Waals surface area contributed by atoms with Crippen LogP contribution in [0.3, 0.4) is 0 Å². The SMILES string of the molecule is C[C@@H](CNC(=O)CCc1nc2ccccc2[nH]1)Cn1cccn1. The number of hydrogen-bond acceptors (Lipinski definition) is 3. The van der Waals surface area contributed by atoms with Crippen LogP contribution in [0.5, 0.6) is 0 Å². The first kappa shape index (κ1) is 15.3. The lowest BCUT2D eigenvalue weighted by Gasteiger charge is -2.12. The van der Waals surface area contributed by atoms with Crippen LogP contribution in [0, 0.1) is 5.92 Å². The summed E-state index contributed by atoms with van der Waals surface area (Å²) < 4.78 is 1.88. The molecular formula is C17H21N5O. The summed E-state index contributed by atoms with van der Waals surface area (Å²) in [6.07, 6.45) is 4.75. The summed E-state index contributed by atoms with van der Waals surface area (Å²) in [7, 11) is 0. The molecule has 3 rings (SSSR count). The predicted octanol–water partition coefficient (Wildman–Crippen LogP) is 2.14. The molecule has 120 valence electrons. The monoisotopic (exact) mass is 311 g/mol. The molecule has 6 heteroatoms. The molecule has 0 bridgehead atoms. The van der Waals surface area contributed by atoms with Gasteiger partial charge in [-0.1, -0.05) is 19.1 Å². The van der Waals surface area contributed by atoms with Gasteiger partial charge in [-0.05, 0) is 24.1 Å². The highest BCUT2D eigenvalue weighted by molar-refractivity contribution is 5.77. The Morgan fingerprint density at radius 2 is 2.22 bits per heavy atom.